The SMILES string of the molecule is CC(NC(=O)c1cc2nc(C3CC3)cc(C(F)(F)F)n2n1)c1ccc(-n2cccc2)cc1. The van der Waals surface area contributed by atoms with E-state index in [1.54, 1.807) is 0 Å². The first-order valence-electron chi connectivity index (χ1n) is 10.3. The van der Waals surface area contributed by atoms with Crippen LogP contribution in [0, 0.1) is 0 Å². The van der Waals surface area contributed by atoms with E-state index in [-0.39, 0.29) is 23.3 Å². The highest BCUT2D eigenvalue weighted by molar-refractivity contribution is 5.93. The monoisotopic (exact) mass is 439 g/mol. The predicted octanol–water partition coefficient (Wildman–Crippen LogP) is 4.91. The van der Waals surface area contributed by atoms with Gasteiger partial charge in [-0.3, -0.25) is 4.79 Å². The second kappa shape index (κ2) is 7.51. The van der Waals surface area contributed by atoms with E-state index in [4.69, 9.17) is 0 Å². The second-order valence-electron chi connectivity index (χ2n) is 8.01. The molecule has 0 saturated heterocycles. The number of carbonyl (C=O) groups excluding carboxylic acids is 1. The van der Waals surface area contributed by atoms with Crippen molar-refractivity contribution in [3.63, 3.8) is 0 Å². The fourth-order valence-electron chi connectivity index (χ4n) is 3.69. The van der Waals surface area contributed by atoms with Crippen LogP contribution in [0.1, 0.15) is 59.2 Å². The van der Waals surface area contributed by atoms with Crippen LogP contribution in [0.25, 0.3) is 11.3 Å². The van der Waals surface area contributed by atoms with E-state index in [0.29, 0.717) is 10.2 Å². The number of aromatic nitrogens is 4. The molecule has 1 aliphatic carbocycles. The van der Waals surface area contributed by atoms with Crippen LogP contribution in [0.3, 0.4) is 0 Å². The Balaban J connectivity index is 1.38. The highest BCUT2D eigenvalue weighted by Gasteiger charge is 2.37. The molecular weight excluding hydrogens is 419 g/mol. The zero-order valence-electron chi connectivity index (χ0n) is 17.2. The standard InChI is InChI=1S/C23H20F3N5O/c1-14(15-6-8-17(9-7-15)30-10-2-3-11-30)27-22(32)19-13-21-28-18(16-4-5-16)12-20(23(24,25)26)31(21)29-19/h2-3,6-14,16H,4-5H2,1H3,(H,27,32). The van der Waals surface area contributed by atoms with Crippen molar-refractivity contribution in [1.29, 1.82) is 0 Å². The van der Waals surface area contributed by atoms with Gasteiger partial charge in [-0.2, -0.15) is 18.3 Å². The zero-order chi connectivity index (χ0) is 22.5. The molecule has 6 nitrogen and oxygen atoms in total. The molecule has 1 amide bonds. The van der Waals surface area contributed by atoms with Crippen molar-refractivity contribution >= 4 is 11.6 Å². The quantitative estimate of drug-likeness (QED) is 0.481. The second-order valence-corrected chi connectivity index (χ2v) is 8.01. The Bertz CT molecular complexity index is 1270. The molecule has 1 atom stereocenters. The Labute approximate surface area is 181 Å². The largest absolute Gasteiger partial charge is 0.433 e. The summed E-state index contributed by atoms with van der Waals surface area (Å²) >= 11 is 0. The minimum Gasteiger partial charge on any atom is -0.344 e. The molecule has 1 N–H and O–H groups in total. The first-order valence-corrected chi connectivity index (χ1v) is 10.3. The molecular formula is C23H20F3N5O. The highest BCUT2D eigenvalue weighted by Crippen LogP contribution is 2.41. The summed E-state index contributed by atoms with van der Waals surface area (Å²) in [6.45, 7) is 1.81. The average molecular weight is 439 g/mol. The van der Waals surface area contributed by atoms with Gasteiger partial charge >= 0.3 is 6.18 Å². The molecule has 1 fully saturated rings. The van der Waals surface area contributed by atoms with Gasteiger partial charge in [0.2, 0.25) is 0 Å². The minimum absolute atomic E-state index is 0.0237. The molecule has 0 bridgehead atoms. The van der Waals surface area contributed by atoms with Gasteiger partial charge in [0.1, 0.15) is 5.69 Å². The first kappa shape index (κ1) is 20.3. The third kappa shape index (κ3) is 3.86. The van der Waals surface area contributed by atoms with Crippen molar-refractivity contribution in [1.82, 2.24) is 24.5 Å². The maximum absolute atomic E-state index is 13.6. The number of hydrogen-bond acceptors (Lipinski definition) is 3. The molecule has 9 heteroatoms. The number of amides is 1. The van der Waals surface area contributed by atoms with Gasteiger partial charge in [0.05, 0.1) is 6.04 Å². The predicted molar refractivity (Wildman–Crippen MR) is 112 cm³/mol. The lowest BCUT2D eigenvalue weighted by atomic mass is 10.1. The van der Waals surface area contributed by atoms with Crippen LogP contribution >= 0.6 is 0 Å². The molecule has 0 radical (unpaired) electrons. The Morgan fingerprint density at radius 2 is 1.81 bits per heavy atom. The molecule has 5 rings (SSSR count). The van der Waals surface area contributed by atoms with Gasteiger partial charge in [-0.15, -0.1) is 0 Å². The maximum atomic E-state index is 13.6. The van der Waals surface area contributed by atoms with Crippen molar-refractivity contribution in [2.24, 2.45) is 0 Å². The molecule has 3 heterocycles. The fraction of sp³-hybridized carbons (Fsp3) is 0.261. The van der Waals surface area contributed by atoms with Crippen molar-refractivity contribution in [2.75, 3.05) is 0 Å². The Hall–Kier alpha value is -3.62. The number of rotatable bonds is 5. The molecule has 1 aromatic carbocycles. The summed E-state index contributed by atoms with van der Waals surface area (Å²) in [7, 11) is 0. The summed E-state index contributed by atoms with van der Waals surface area (Å²) in [5.41, 5.74) is 1.24. The van der Waals surface area contributed by atoms with E-state index >= 15 is 0 Å². The van der Waals surface area contributed by atoms with Gasteiger partial charge in [0.25, 0.3) is 5.91 Å². The smallest absolute Gasteiger partial charge is 0.344 e. The van der Waals surface area contributed by atoms with E-state index in [2.05, 4.69) is 15.4 Å². The molecule has 4 aromatic rings. The lowest BCUT2D eigenvalue weighted by Gasteiger charge is -2.14. The van der Waals surface area contributed by atoms with Gasteiger partial charge in [0.15, 0.2) is 11.3 Å². The normalized spacial score (nSPS) is 15.1. The van der Waals surface area contributed by atoms with Gasteiger partial charge in [-0.1, -0.05) is 12.1 Å². The Morgan fingerprint density at radius 3 is 2.44 bits per heavy atom. The topological polar surface area (TPSA) is 64.2 Å². The average Bonchev–Trinajstić information content (AvgIpc) is 3.29. The van der Waals surface area contributed by atoms with Crippen molar-refractivity contribution in [3.8, 4) is 5.69 Å². The number of fused-ring (bicyclic) bond motifs is 1. The van der Waals surface area contributed by atoms with E-state index in [1.807, 2.05) is 60.3 Å². The third-order valence-electron chi connectivity index (χ3n) is 5.61. The van der Waals surface area contributed by atoms with Gasteiger partial charge in [0, 0.05) is 35.8 Å². The summed E-state index contributed by atoms with van der Waals surface area (Å²) < 4.78 is 43.4. The molecule has 3 aromatic heterocycles. The van der Waals surface area contributed by atoms with Crippen LogP contribution in [0.5, 0.6) is 0 Å². The summed E-state index contributed by atoms with van der Waals surface area (Å²) in [6.07, 6.45) is 0.910. The molecule has 32 heavy (non-hydrogen) atoms. The Morgan fingerprint density at radius 1 is 1.12 bits per heavy atom. The summed E-state index contributed by atoms with van der Waals surface area (Å²) in [4.78, 5) is 17.0. The van der Waals surface area contributed by atoms with Gasteiger partial charge in [-0.25, -0.2) is 9.50 Å². The van der Waals surface area contributed by atoms with Crippen LogP contribution in [-0.4, -0.2) is 25.1 Å². The first-order chi connectivity index (χ1) is 15.3. The summed E-state index contributed by atoms with van der Waals surface area (Å²) in [6, 6.07) is 13.5. The number of nitrogens with zero attached hydrogens (tertiary/aromatic N) is 4. The van der Waals surface area contributed by atoms with Crippen molar-refractivity contribution < 1.29 is 18.0 Å². The van der Waals surface area contributed by atoms with Crippen LogP contribution in [0.2, 0.25) is 0 Å². The molecule has 164 valence electrons. The van der Waals surface area contributed by atoms with E-state index in [9.17, 15) is 18.0 Å². The minimum atomic E-state index is -4.60. The number of benzene rings is 1. The Kier molecular flexibility index (Phi) is 4.76. The molecule has 0 spiro atoms. The number of alkyl halides is 3. The molecule has 1 aliphatic rings. The molecule has 1 saturated carbocycles. The van der Waals surface area contributed by atoms with Gasteiger partial charge < -0.3 is 9.88 Å². The van der Waals surface area contributed by atoms with Crippen molar-refractivity contribution in [3.05, 3.63) is 83.6 Å². The van der Waals surface area contributed by atoms with E-state index in [0.717, 1.165) is 30.2 Å². The van der Waals surface area contributed by atoms with Gasteiger partial charge in [-0.05, 0) is 55.7 Å². The number of nitrogens with one attached hydrogen (secondary N) is 1. The zero-order valence-corrected chi connectivity index (χ0v) is 17.2. The summed E-state index contributed by atoms with van der Waals surface area (Å²) in [5.74, 6) is -0.513. The highest BCUT2D eigenvalue weighted by atomic mass is 19.4. The van der Waals surface area contributed by atoms with Crippen LogP contribution in [0.4, 0.5) is 13.2 Å². The third-order valence-corrected chi connectivity index (χ3v) is 5.61. The van der Waals surface area contributed by atoms with Crippen LogP contribution in [-0.2, 0) is 6.18 Å². The molecule has 1 unspecified atom stereocenters. The summed E-state index contributed by atoms with van der Waals surface area (Å²) in [5, 5.41) is 6.72. The van der Waals surface area contributed by atoms with Crippen LogP contribution < -0.4 is 5.32 Å². The van der Waals surface area contributed by atoms with E-state index < -0.39 is 17.8 Å². The number of halogens is 3. The lowest BCUT2D eigenvalue weighted by molar-refractivity contribution is -0.142. The lowest BCUT2D eigenvalue weighted by Crippen LogP contribution is -2.27. The fourth-order valence-corrected chi connectivity index (χ4v) is 3.69. The number of carbonyl (C=O) groups is 1. The van der Waals surface area contributed by atoms with Crippen molar-refractivity contribution in [2.45, 2.75) is 37.9 Å². The van der Waals surface area contributed by atoms with Crippen LogP contribution in [0.15, 0.2) is 60.9 Å². The maximum Gasteiger partial charge on any atom is 0.433 e. The number of hydrogen-bond donors (Lipinski definition) is 1. The van der Waals surface area contributed by atoms with E-state index in [1.165, 1.54) is 6.07 Å². The molecule has 0 aliphatic heterocycles.